The third-order valence-electron chi connectivity index (χ3n) is 4.25. The lowest BCUT2D eigenvalue weighted by atomic mass is 10.1. The normalized spacial score (nSPS) is 14.7. The van der Waals surface area contributed by atoms with Gasteiger partial charge in [0, 0.05) is 63.6 Å². The first-order valence-electron chi connectivity index (χ1n) is 8.54. The number of aryl methyl sites for hydroxylation is 1. The van der Waals surface area contributed by atoms with Gasteiger partial charge in [-0.25, -0.2) is 0 Å². The first-order chi connectivity index (χ1) is 11.8. The van der Waals surface area contributed by atoms with Crippen molar-refractivity contribution in [2.45, 2.75) is 25.9 Å². The zero-order valence-corrected chi connectivity index (χ0v) is 17.8. The number of halogens is 1. The van der Waals surface area contributed by atoms with E-state index in [1.54, 1.807) is 4.88 Å². The molecule has 0 radical (unpaired) electrons. The van der Waals surface area contributed by atoms with E-state index in [1.165, 1.54) is 12.0 Å². The van der Waals surface area contributed by atoms with E-state index >= 15 is 0 Å². The Morgan fingerprint density at radius 2 is 2.20 bits per heavy atom. The fourth-order valence-electron chi connectivity index (χ4n) is 2.93. The van der Waals surface area contributed by atoms with Crippen LogP contribution in [0.4, 0.5) is 0 Å². The number of hydrogen-bond donors (Lipinski definition) is 2. The van der Waals surface area contributed by atoms with E-state index in [-0.39, 0.29) is 24.0 Å². The summed E-state index contributed by atoms with van der Waals surface area (Å²) in [5.74, 6) is 0.878. The Balaban J connectivity index is 0.00000225. The maximum absolute atomic E-state index is 4.29. The summed E-state index contributed by atoms with van der Waals surface area (Å²) in [5.41, 5.74) is 1.51. The number of fused-ring (bicyclic) bond motifs is 1. The number of rotatable bonds is 7. The molecule has 0 atom stereocenters. The molecule has 1 aliphatic rings. The number of aliphatic imine (C=N–C) groups is 1. The van der Waals surface area contributed by atoms with Gasteiger partial charge in [0.15, 0.2) is 5.96 Å². The van der Waals surface area contributed by atoms with Gasteiger partial charge < -0.3 is 10.6 Å². The molecule has 0 saturated carbocycles. The van der Waals surface area contributed by atoms with Crippen molar-refractivity contribution < 1.29 is 0 Å². The van der Waals surface area contributed by atoms with E-state index in [4.69, 9.17) is 0 Å². The lowest BCUT2D eigenvalue weighted by molar-refractivity contribution is 0.260. The van der Waals surface area contributed by atoms with Crippen molar-refractivity contribution in [2.75, 3.05) is 33.2 Å². The Kier molecular flexibility index (Phi) is 8.70. The molecule has 1 aliphatic heterocycles. The van der Waals surface area contributed by atoms with Crippen molar-refractivity contribution in [1.29, 1.82) is 0 Å². The quantitative estimate of drug-likeness (QED) is 0.280. The van der Waals surface area contributed by atoms with Gasteiger partial charge in [0.2, 0.25) is 0 Å². The number of guanidine groups is 1. The molecule has 0 bridgehead atoms. The number of hydrogen-bond acceptors (Lipinski definition) is 4. The Morgan fingerprint density at radius 1 is 1.32 bits per heavy atom. The molecule has 0 spiro atoms. The molecule has 0 saturated heterocycles. The number of nitrogens with zero attached hydrogens (tertiary/aromatic N) is 4. The van der Waals surface area contributed by atoms with Gasteiger partial charge in [-0.15, -0.1) is 35.3 Å². The summed E-state index contributed by atoms with van der Waals surface area (Å²) in [5, 5.41) is 13.2. The maximum atomic E-state index is 4.29. The highest BCUT2D eigenvalue weighted by Gasteiger charge is 2.16. The summed E-state index contributed by atoms with van der Waals surface area (Å²) < 4.78 is 1.95. The second kappa shape index (κ2) is 10.8. The van der Waals surface area contributed by atoms with Crippen LogP contribution in [0.15, 0.2) is 34.9 Å². The minimum Gasteiger partial charge on any atom is -0.356 e. The standard InChI is InChI=1S/C17H26N6S.HI/c1-18-17(19-6-2-9-23-10-3-7-21-23)20-8-12-22-11-4-16-15(14-22)5-13-24-16;/h3,5,7,10,13H,2,4,6,8-9,11-12,14H2,1H3,(H2,18,19,20);1H. The highest BCUT2D eigenvalue weighted by atomic mass is 127. The summed E-state index contributed by atoms with van der Waals surface area (Å²) in [6, 6.07) is 4.22. The van der Waals surface area contributed by atoms with Crippen LogP contribution in [0, 0.1) is 0 Å². The van der Waals surface area contributed by atoms with Crippen LogP contribution in [0.3, 0.4) is 0 Å². The summed E-state index contributed by atoms with van der Waals surface area (Å²) in [7, 11) is 1.82. The molecular formula is C17H27IN6S. The minimum absolute atomic E-state index is 0. The predicted octanol–water partition coefficient (Wildman–Crippen LogP) is 2.18. The van der Waals surface area contributed by atoms with Gasteiger partial charge >= 0.3 is 0 Å². The minimum atomic E-state index is 0. The summed E-state index contributed by atoms with van der Waals surface area (Å²) >= 11 is 1.89. The van der Waals surface area contributed by atoms with Crippen LogP contribution in [0.1, 0.15) is 16.9 Å². The average Bonchev–Trinajstić information content (AvgIpc) is 3.27. The van der Waals surface area contributed by atoms with E-state index < -0.39 is 0 Å². The van der Waals surface area contributed by atoms with E-state index in [1.807, 2.05) is 41.5 Å². The summed E-state index contributed by atoms with van der Waals surface area (Å²) in [6.45, 7) is 6.01. The van der Waals surface area contributed by atoms with Gasteiger partial charge in [-0.2, -0.15) is 5.10 Å². The van der Waals surface area contributed by atoms with Crippen molar-refractivity contribution in [3.05, 3.63) is 40.3 Å². The van der Waals surface area contributed by atoms with Crippen molar-refractivity contribution in [1.82, 2.24) is 25.3 Å². The third kappa shape index (κ3) is 6.27. The molecule has 25 heavy (non-hydrogen) atoms. The van der Waals surface area contributed by atoms with Crippen LogP contribution in [0.2, 0.25) is 0 Å². The molecule has 2 aromatic heterocycles. The number of thiophene rings is 1. The third-order valence-corrected chi connectivity index (χ3v) is 5.27. The van der Waals surface area contributed by atoms with E-state index in [0.29, 0.717) is 0 Å². The zero-order chi connectivity index (χ0) is 16.6. The van der Waals surface area contributed by atoms with Crippen LogP contribution < -0.4 is 10.6 Å². The maximum Gasteiger partial charge on any atom is 0.191 e. The van der Waals surface area contributed by atoms with Gasteiger partial charge in [-0.1, -0.05) is 0 Å². The molecule has 0 amide bonds. The molecular weight excluding hydrogens is 447 g/mol. The lowest BCUT2D eigenvalue weighted by Crippen LogP contribution is -2.42. The first-order valence-corrected chi connectivity index (χ1v) is 9.42. The van der Waals surface area contributed by atoms with Crippen LogP contribution in [-0.2, 0) is 19.5 Å². The highest BCUT2D eigenvalue weighted by Crippen LogP contribution is 2.23. The molecule has 3 rings (SSSR count). The predicted molar refractivity (Wildman–Crippen MR) is 115 cm³/mol. The van der Waals surface area contributed by atoms with Crippen LogP contribution in [-0.4, -0.2) is 53.9 Å². The molecule has 2 N–H and O–H groups in total. The Hall–Kier alpha value is -1.13. The molecule has 138 valence electrons. The molecule has 3 heterocycles. The van der Waals surface area contributed by atoms with Gasteiger partial charge in [0.1, 0.15) is 0 Å². The van der Waals surface area contributed by atoms with Crippen LogP contribution in [0.5, 0.6) is 0 Å². The molecule has 0 aliphatic carbocycles. The van der Waals surface area contributed by atoms with Gasteiger partial charge in [-0.05, 0) is 35.9 Å². The van der Waals surface area contributed by atoms with E-state index in [2.05, 4.69) is 37.1 Å². The molecule has 8 heteroatoms. The van der Waals surface area contributed by atoms with E-state index in [0.717, 1.165) is 51.6 Å². The van der Waals surface area contributed by atoms with Crippen molar-refractivity contribution >= 4 is 41.3 Å². The SMILES string of the molecule is CN=C(NCCCn1cccn1)NCCN1CCc2sccc2C1.I. The monoisotopic (exact) mass is 474 g/mol. The molecule has 6 nitrogen and oxygen atoms in total. The van der Waals surface area contributed by atoms with Crippen LogP contribution >= 0.6 is 35.3 Å². The fourth-order valence-corrected chi connectivity index (χ4v) is 3.82. The van der Waals surface area contributed by atoms with Gasteiger partial charge in [0.25, 0.3) is 0 Å². The van der Waals surface area contributed by atoms with Crippen molar-refractivity contribution in [2.24, 2.45) is 4.99 Å². The lowest BCUT2D eigenvalue weighted by Gasteiger charge is -2.27. The van der Waals surface area contributed by atoms with Crippen molar-refractivity contribution in [3.8, 4) is 0 Å². The van der Waals surface area contributed by atoms with Crippen molar-refractivity contribution in [3.63, 3.8) is 0 Å². The van der Waals surface area contributed by atoms with Gasteiger partial charge in [0.05, 0.1) is 0 Å². The van der Waals surface area contributed by atoms with Gasteiger partial charge in [-0.3, -0.25) is 14.6 Å². The second-order valence-corrected chi connectivity index (χ2v) is 6.94. The summed E-state index contributed by atoms with van der Waals surface area (Å²) in [4.78, 5) is 8.36. The molecule has 0 aromatic carbocycles. The highest BCUT2D eigenvalue weighted by molar-refractivity contribution is 14.0. The van der Waals surface area contributed by atoms with Crippen LogP contribution in [0.25, 0.3) is 0 Å². The number of aromatic nitrogens is 2. The van der Waals surface area contributed by atoms with E-state index in [9.17, 15) is 0 Å². The fraction of sp³-hybridized carbons (Fsp3) is 0.529. The molecule has 0 fully saturated rings. The Bertz CT molecular complexity index is 639. The zero-order valence-electron chi connectivity index (χ0n) is 14.6. The first kappa shape index (κ1) is 20.2. The molecule has 0 unspecified atom stereocenters. The average molecular weight is 474 g/mol. The topological polar surface area (TPSA) is 57.5 Å². The Labute approximate surface area is 170 Å². The molecule has 2 aromatic rings. The summed E-state index contributed by atoms with van der Waals surface area (Å²) in [6.07, 6.45) is 6.01. The largest absolute Gasteiger partial charge is 0.356 e. The number of nitrogens with one attached hydrogen (secondary N) is 2. The second-order valence-electron chi connectivity index (χ2n) is 5.94. The Morgan fingerprint density at radius 3 is 3.00 bits per heavy atom. The smallest absolute Gasteiger partial charge is 0.191 e.